The Labute approximate surface area is 104 Å². The van der Waals surface area contributed by atoms with Crippen LogP contribution < -0.4 is 0 Å². The molecule has 0 saturated carbocycles. The standard InChI is InChI=1S/C13H17NO.C2H6/c1-4-5-6-7-13-11(3)12(9-14-13)8-10(2)15;1-2/h4,6-7,9,14H,1,5,8H2,2-3H3;1-2H3/b7-6-;. The molecule has 0 radical (unpaired) electrons. The summed E-state index contributed by atoms with van der Waals surface area (Å²) in [5.41, 5.74) is 3.32. The Hall–Kier alpha value is -1.57. The first-order valence-electron chi connectivity index (χ1n) is 6.09. The Bertz CT molecular complexity index is 386. The van der Waals surface area contributed by atoms with E-state index < -0.39 is 0 Å². The van der Waals surface area contributed by atoms with Crippen molar-refractivity contribution in [3.05, 3.63) is 41.7 Å². The molecule has 1 N–H and O–H groups in total. The zero-order chi connectivity index (χ0) is 13.3. The van der Waals surface area contributed by atoms with Gasteiger partial charge in [0.2, 0.25) is 0 Å². The Morgan fingerprint density at radius 1 is 1.47 bits per heavy atom. The molecule has 0 aliphatic rings. The van der Waals surface area contributed by atoms with Crippen LogP contribution in [0.2, 0.25) is 0 Å². The topological polar surface area (TPSA) is 32.9 Å². The normalized spacial score (nSPS) is 9.88. The monoisotopic (exact) mass is 233 g/mol. The highest BCUT2D eigenvalue weighted by atomic mass is 16.1. The lowest BCUT2D eigenvalue weighted by atomic mass is 10.1. The third kappa shape index (κ3) is 5.34. The van der Waals surface area contributed by atoms with Gasteiger partial charge in [-0.25, -0.2) is 0 Å². The maximum absolute atomic E-state index is 11.0. The van der Waals surface area contributed by atoms with Gasteiger partial charge in [-0.2, -0.15) is 0 Å². The fraction of sp³-hybridized carbons (Fsp3) is 0.400. The second kappa shape index (κ2) is 8.57. The van der Waals surface area contributed by atoms with Crippen molar-refractivity contribution in [3.63, 3.8) is 0 Å². The zero-order valence-electron chi connectivity index (χ0n) is 11.3. The first-order chi connectivity index (χ1) is 8.15. The number of rotatable bonds is 5. The molecule has 1 rings (SSSR count). The van der Waals surface area contributed by atoms with Crippen molar-refractivity contribution in [1.82, 2.24) is 4.98 Å². The number of allylic oxidation sites excluding steroid dienone is 2. The van der Waals surface area contributed by atoms with Gasteiger partial charge in [-0.05, 0) is 37.5 Å². The zero-order valence-corrected chi connectivity index (χ0v) is 11.3. The van der Waals surface area contributed by atoms with Crippen molar-refractivity contribution in [2.75, 3.05) is 0 Å². The molecule has 2 nitrogen and oxygen atoms in total. The first kappa shape index (κ1) is 15.4. The van der Waals surface area contributed by atoms with Gasteiger partial charge in [0.1, 0.15) is 5.78 Å². The second-order valence-electron chi connectivity index (χ2n) is 3.66. The molecular weight excluding hydrogens is 210 g/mol. The van der Waals surface area contributed by atoms with Gasteiger partial charge >= 0.3 is 0 Å². The molecule has 0 aliphatic carbocycles. The van der Waals surface area contributed by atoms with Gasteiger partial charge in [0.25, 0.3) is 0 Å². The molecule has 2 heteroatoms. The molecule has 0 saturated heterocycles. The van der Waals surface area contributed by atoms with E-state index >= 15 is 0 Å². The van der Waals surface area contributed by atoms with E-state index in [-0.39, 0.29) is 5.78 Å². The highest BCUT2D eigenvalue weighted by molar-refractivity contribution is 5.78. The summed E-state index contributed by atoms with van der Waals surface area (Å²) in [6, 6.07) is 0. The fourth-order valence-corrected chi connectivity index (χ4v) is 1.46. The Morgan fingerprint density at radius 3 is 2.65 bits per heavy atom. The summed E-state index contributed by atoms with van der Waals surface area (Å²) in [4.78, 5) is 14.2. The number of ketones is 1. The van der Waals surface area contributed by atoms with Gasteiger partial charge in [-0.1, -0.05) is 26.0 Å². The van der Waals surface area contributed by atoms with Gasteiger partial charge in [0, 0.05) is 18.3 Å². The van der Waals surface area contributed by atoms with Crippen LogP contribution in [0.4, 0.5) is 0 Å². The molecular formula is C15H23NO. The summed E-state index contributed by atoms with van der Waals surface area (Å²) < 4.78 is 0. The van der Waals surface area contributed by atoms with Crippen LogP contribution in [0, 0.1) is 6.92 Å². The molecule has 0 fully saturated rings. The molecule has 0 aromatic carbocycles. The third-order valence-electron chi connectivity index (χ3n) is 2.31. The third-order valence-corrected chi connectivity index (χ3v) is 2.31. The minimum absolute atomic E-state index is 0.193. The van der Waals surface area contributed by atoms with Crippen LogP contribution in [0.25, 0.3) is 6.08 Å². The largest absolute Gasteiger partial charge is 0.361 e. The van der Waals surface area contributed by atoms with Crippen molar-refractivity contribution in [2.24, 2.45) is 0 Å². The van der Waals surface area contributed by atoms with Gasteiger partial charge in [0.05, 0.1) is 0 Å². The summed E-state index contributed by atoms with van der Waals surface area (Å²) in [7, 11) is 0. The van der Waals surface area contributed by atoms with E-state index in [1.807, 2.05) is 45.2 Å². The van der Waals surface area contributed by atoms with Crippen LogP contribution in [0.5, 0.6) is 0 Å². The molecule has 0 unspecified atom stereocenters. The molecule has 0 aliphatic heterocycles. The molecule has 1 heterocycles. The second-order valence-corrected chi connectivity index (χ2v) is 3.66. The summed E-state index contributed by atoms with van der Waals surface area (Å²) in [5.74, 6) is 0.193. The van der Waals surface area contributed by atoms with Crippen LogP contribution >= 0.6 is 0 Å². The number of H-pyrrole nitrogens is 1. The van der Waals surface area contributed by atoms with Crippen molar-refractivity contribution >= 4 is 11.9 Å². The Kier molecular flexibility index (Phi) is 7.78. The number of aromatic amines is 1. The SMILES string of the molecule is C=CC/C=C\c1[nH]cc(CC(C)=O)c1C.CC. The first-order valence-corrected chi connectivity index (χ1v) is 6.09. The maximum Gasteiger partial charge on any atom is 0.134 e. The highest BCUT2D eigenvalue weighted by Crippen LogP contribution is 2.15. The van der Waals surface area contributed by atoms with Gasteiger partial charge < -0.3 is 4.98 Å². The summed E-state index contributed by atoms with van der Waals surface area (Å²) in [6.07, 6.45) is 9.21. The Morgan fingerprint density at radius 2 is 2.12 bits per heavy atom. The molecule has 0 bridgehead atoms. The predicted octanol–water partition coefficient (Wildman–Crippen LogP) is 4.07. The number of carbonyl (C=O) groups excluding carboxylic acids is 1. The van der Waals surface area contributed by atoms with E-state index in [4.69, 9.17) is 0 Å². The van der Waals surface area contributed by atoms with Crippen LogP contribution in [-0.4, -0.2) is 10.8 Å². The molecule has 0 amide bonds. The molecule has 0 atom stereocenters. The quantitative estimate of drug-likeness (QED) is 0.764. The number of carbonyl (C=O) groups is 1. The van der Waals surface area contributed by atoms with Crippen LogP contribution in [0.3, 0.4) is 0 Å². The van der Waals surface area contributed by atoms with E-state index in [0.29, 0.717) is 6.42 Å². The van der Waals surface area contributed by atoms with Crippen LogP contribution in [-0.2, 0) is 11.2 Å². The van der Waals surface area contributed by atoms with Crippen molar-refractivity contribution in [1.29, 1.82) is 0 Å². The van der Waals surface area contributed by atoms with E-state index in [1.165, 1.54) is 0 Å². The van der Waals surface area contributed by atoms with E-state index in [9.17, 15) is 4.79 Å². The number of aromatic nitrogens is 1. The predicted molar refractivity (Wildman–Crippen MR) is 75.1 cm³/mol. The lowest BCUT2D eigenvalue weighted by Crippen LogP contribution is -1.96. The smallest absolute Gasteiger partial charge is 0.134 e. The maximum atomic E-state index is 11.0. The number of Topliss-reactive ketones (excluding diaryl/α,β-unsaturated/α-hetero) is 1. The molecule has 0 spiro atoms. The van der Waals surface area contributed by atoms with Gasteiger partial charge in [0.15, 0.2) is 0 Å². The minimum atomic E-state index is 0.193. The Balaban J connectivity index is 0.00000121. The van der Waals surface area contributed by atoms with Gasteiger partial charge in [-0.15, -0.1) is 6.58 Å². The number of hydrogen-bond donors (Lipinski definition) is 1. The number of nitrogens with one attached hydrogen (secondary N) is 1. The lowest BCUT2D eigenvalue weighted by molar-refractivity contribution is -0.116. The molecule has 1 aromatic heterocycles. The van der Waals surface area contributed by atoms with Crippen molar-refractivity contribution < 1.29 is 4.79 Å². The van der Waals surface area contributed by atoms with Crippen LogP contribution in [0.1, 0.15) is 44.0 Å². The fourth-order valence-electron chi connectivity index (χ4n) is 1.46. The summed E-state index contributed by atoms with van der Waals surface area (Å²) in [6.45, 7) is 11.3. The van der Waals surface area contributed by atoms with E-state index in [2.05, 4.69) is 11.6 Å². The average molecular weight is 233 g/mol. The van der Waals surface area contributed by atoms with E-state index in [1.54, 1.807) is 6.92 Å². The summed E-state index contributed by atoms with van der Waals surface area (Å²) in [5, 5.41) is 0. The van der Waals surface area contributed by atoms with Crippen LogP contribution in [0.15, 0.2) is 24.9 Å². The minimum Gasteiger partial charge on any atom is -0.361 e. The molecule has 1 aromatic rings. The average Bonchev–Trinajstić information content (AvgIpc) is 2.64. The number of hydrogen-bond acceptors (Lipinski definition) is 1. The van der Waals surface area contributed by atoms with E-state index in [0.717, 1.165) is 23.2 Å². The molecule has 17 heavy (non-hydrogen) atoms. The van der Waals surface area contributed by atoms with Crippen molar-refractivity contribution in [3.8, 4) is 0 Å². The molecule has 94 valence electrons. The van der Waals surface area contributed by atoms with Crippen molar-refractivity contribution in [2.45, 2.75) is 40.5 Å². The van der Waals surface area contributed by atoms with Gasteiger partial charge in [-0.3, -0.25) is 4.79 Å². The highest BCUT2D eigenvalue weighted by Gasteiger charge is 2.05. The summed E-state index contributed by atoms with van der Waals surface area (Å²) >= 11 is 0. The lowest BCUT2D eigenvalue weighted by Gasteiger charge is -1.95.